The van der Waals surface area contributed by atoms with Gasteiger partial charge < -0.3 is 15.1 Å². The number of sulfone groups is 1. The van der Waals surface area contributed by atoms with Crippen LogP contribution in [-0.4, -0.2) is 38.4 Å². The number of amides is 1. The first-order valence-corrected chi connectivity index (χ1v) is 10.4. The number of furan rings is 1. The molecule has 0 aliphatic carbocycles. The summed E-state index contributed by atoms with van der Waals surface area (Å²) < 4.78 is 30.6. The summed E-state index contributed by atoms with van der Waals surface area (Å²) in [5.41, 5.74) is 6.38. The highest BCUT2D eigenvalue weighted by molar-refractivity contribution is 7.90. The van der Waals surface area contributed by atoms with Gasteiger partial charge in [-0.3, -0.25) is 4.79 Å². The predicted molar refractivity (Wildman–Crippen MR) is 106 cm³/mol. The van der Waals surface area contributed by atoms with Crippen molar-refractivity contribution in [1.82, 2.24) is 4.90 Å². The van der Waals surface area contributed by atoms with Crippen molar-refractivity contribution in [1.29, 1.82) is 0 Å². The third-order valence-corrected chi connectivity index (χ3v) is 6.56. The van der Waals surface area contributed by atoms with E-state index >= 15 is 0 Å². The Bertz CT molecular complexity index is 865. The van der Waals surface area contributed by atoms with Crippen molar-refractivity contribution >= 4 is 28.2 Å². The van der Waals surface area contributed by atoms with Gasteiger partial charge in [-0.25, -0.2) is 8.42 Å². The molecular weight excluding hydrogens is 388 g/mol. The van der Waals surface area contributed by atoms with Gasteiger partial charge in [0.25, 0.3) is 5.91 Å². The maximum absolute atomic E-state index is 12.9. The lowest BCUT2D eigenvalue weighted by atomic mass is 9.92. The van der Waals surface area contributed by atoms with Crippen molar-refractivity contribution in [3.8, 4) is 0 Å². The molecule has 1 aliphatic rings. The number of benzene rings is 1. The molecule has 0 saturated carbocycles. The minimum atomic E-state index is -3.54. The molecule has 1 saturated heterocycles. The Balaban J connectivity index is 0.00000261. The van der Waals surface area contributed by atoms with Gasteiger partial charge in [0.05, 0.1) is 16.9 Å². The Morgan fingerprint density at radius 1 is 1.30 bits per heavy atom. The second kappa shape index (κ2) is 8.91. The molecule has 1 aliphatic heterocycles. The van der Waals surface area contributed by atoms with E-state index in [2.05, 4.69) is 0 Å². The van der Waals surface area contributed by atoms with Gasteiger partial charge in [-0.2, -0.15) is 0 Å². The van der Waals surface area contributed by atoms with E-state index in [-0.39, 0.29) is 46.7 Å². The van der Waals surface area contributed by atoms with E-state index in [0.29, 0.717) is 18.7 Å². The Morgan fingerprint density at radius 2 is 2.00 bits per heavy atom. The molecule has 6 nitrogen and oxygen atoms in total. The van der Waals surface area contributed by atoms with Gasteiger partial charge in [0, 0.05) is 24.7 Å². The van der Waals surface area contributed by atoms with Crippen LogP contribution in [0.4, 0.5) is 0 Å². The molecule has 2 N–H and O–H groups in total. The fraction of sp³-hybridized carbons (Fsp3) is 0.421. The highest BCUT2D eigenvalue weighted by Gasteiger charge is 2.30. The van der Waals surface area contributed by atoms with Crippen molar-refractivity contribution in [2.75, 3.05) is 13.1 Å². The standard InChI is InChI=1S/C19H24N2O4S.ClH/c1-14(20)15-6-5-10-21(12-15)19(22)18-16(9-11-25-18)13-26(23,24)17-7-3-2-4-8-17;/h2-4,7-9,11,14-15H,5-6,10,12-13,20H2,1H3;1H. The molecule has 3 rings (SSSR count). The minimum Gasteiger partial charge on any atom is -0.459 e. The molecule has 1 aromatic carbocycles. The van der Waals surface area contributed by atoms with Crippen molar-refractivity contribution in [3.05, 3.63) is 54.0 Å². The molecule has 2 aromatic rings. The van der Waals surface area contributed by atoms with Crippen LogP contribution in [-0.2, 0) is 15.6 Å². The number of nitrogens with two attached hydrogens (primary N) is 1. The van der Waals surface area contributed by atoms with Crippen LogP contribution in [0.2, 0.25) is 0 Å². The monoisotopic (exact) mass is 412 g/mol. The smallest absolute Gasteiger partial charge is 0.289 e. The highest BCUT2D eigenvalue weighted by Crippen LogP contribution is 2.24. The predicted octanol–water partition coefficient (Wildman–Crippen LogP) is 2.87. The van der Waals surface area contributed by atoms with E-state index in [9.17, 15) is 13.2 Å². The Hall–Kier alpha value is -1.83. The first-order valence-electron chi connectivity index (χ1n) is 8.77. The summed E-state index contributed by atoms with van der Waals surface area (Å²) in [6.07, 6.45) is 3.25. The number of hydrogen-bond donors (Lipinski definition) is 1. The third kappa shape index (κ3) is 4.91. The summed E-state index contributed by atoms with van der Waals surface area (Å²) in [6.45, 7) is 3.15. The zero-order valence-electron chi connectivity index (χ0n) is 15.2. The summed E-state index contributed by atoms with van der Waals surface area (Å²) in [5.74, 6) is -0.174. The van der Waals surface area contributed by atoms with Gasteiger partial charge in [0.2, 0.25) is 0 Å². The molecule has 2 atom stereocenters. The molecule has 0 spiro atoms. The van der Waals surface area contributed by atoms with Crippen LogP contribution in [0.5, 0.6) is 0 Å². The van der Waals surface area contributed by atoms with Crippen molar-refractivity contribution in [2.24, 2.45) is 11.7 Å². The van der Waals surface area contributed by atoms with Crippen LogP contribution >= 0.6 is 12.4 Å². The molecule has 27 heavy (non-hydrogen) atoms. The van der Waals surface area contributed by atoms with Crippen molar-refractivity contribution in [2.45, 2.75) is 36.5 Å². The van der Waals surface area contributed by atoms with Gasteiger partial charge in [0.15, 0.2) is 15.6 Å². The minimum absolute atomic E-state index is 0. The van der Waals surface area contributed by atoms with Gasteiger partial charge in [-0.15, -0.1) is 12.4 Å². The van der Waals surface area contributed by atoms with Gasteiger partial charge >= 0.3 is 0 Å². The van der Waals surface area contributed by atoms with Crippen molar-refractivity contribution < 1.29 is 17.6 Å². The molecular formula is C19H25ClN2O4S. The molecule has 148 valence electrons. The number of piperidine rings is 1. The van der Waals surface area contributed by atoms with E-state index in [4.69, 9.17) is 10.2 Å². The molecule has 8 heteroatoms. The van der Waals surface area contributed by atoms with Gasteiger partial charge in [-0.1, -0.05) is 18.2 Å². The summed E-state index contributed by atoms with van der Waals surface area (Å²) in [6, 6.07) is 9.79. The van der Waals surface area contributed by atoms with Gasteiger partial charge in [0.1, 0.15) is 0 Å². The zero-order valence-corrected chi connectivity index (χ0v) is 16.8. The average Bonchev–Trinajstić information content (AvgIpc) is 3.09. The number of carbonyl (C=O) groups is 1. The van der Waals surface area contributed by atoms with Crippen LogP contribution in [0, 0.1) is 5.92 Å². The van der Waals surface area contributed by atoms with Crippen LogP contribution in [0.15, 0.2) is 52.0 Å². The normalized spacial score (nSPS) is 18.6. The Labute approximate surface area is 166 Å². The van der Waals surface area contributed by atoms with E-state index in [1.807, 2.05) is 6.92 Å². The van der Waals surface area contributed by atoms with E-state index < -0.39 is 9.84 Å². The SMILES string of the molecule is CC(N)C1CCCN(C(=O)c2occc2CS(=O)(=O)c2ccccc2)C1.Cl. The van der Waals surface area contributed by atoms with E-state index in [0.717, 1.165) is 12.8 Å². The number of halogens is 1. The number of rotatable bonds is 5. The largest absolute Gasteiger partial charge is 0.459 e. The first-order chi connectivity index (χ1) is 12.4. The maximum atomic E-state index is 12.9. The van der Waals surface area contributed by atoms with Crippen LogP contribution in [0.25, 0.3) is 0 Å². The van der Waals surface area contributed by atoms with E-state index in [1.165, 1.54) is 6.26 Å². The summed E-state index contributed by atoms with van der Waals surface area (Å²) in [4.78, 5) is 14.8. The van der Waals surface area contributed by atoms with Crippen molar-refractivity contribution in [3.63, 3.8) is 0 Å². The second-order valence-electron chi connectivity index (χ2n) is 6.86. The van der Waals surface area contributed by atoms with Crippen LogP contribution in [0.1, 0.15) is 35.9 Å². The fourth-order valence-corrected chi connectivity index (χ4v) is 4.70. The molecule has 0 bridgehead atoms. The molecule has 2 heterocycles. The average molecular weight is 413 g/mol. The lowest BCUT2D eigenvalue weighted by Gasteiger charge is -2.34. The Morgan fingerprint density at radius 3 is 2.67 bits per heavy atom. The quantitative estimate of drug-likeness (QED) is 0.814. The second-order valence-corrected chi connectivity index (χ2v) is 8.85. The zero-order chi connectivity index (χ0) is 18.7. The molecule has 1 fully saturated rings. The summed E-state index contributed by atoms with van der Waals surface area (Å²) >= 11 is 0. The number of carbonyl (C=O) groups excluding carboxylic acids is 1. The molecule has 0 radical (unpaired) electrons. The summed E-state index contributed by atoms with van der Waals surface area (Å²) in [5, 5.41) is 0. The van der Waals surface area contributed by atoms with E-state index in [1.54, 1.807) is 41.3 Å². The fourth-order valence-electron chi connectivity index (χ4n) is 3.32. The number of likely N-dealkylation sites (tertiary alicyclic amines) is 1. The molecule has 2 unspecified atom stereocenters. The Kier molecular flexibility index (Phi) is 7.08. The summed E-state index contributed by atoms with van der Waals surface area (Å²) in [7, 11) is -3.54. The van der Waals surface area contributed by atoms with Gasteiger partial charge in [-0.05, 0) is 43.9 Å². The lowest BCUT2D eigenvalue weighted by Crippen LogP contribution is -2.45. The number of hydrogen-bond acceptors (Lipinski definition) is 5. The number of nitrogens with zero attached hydrogens (tertiary/aromatic N) is 1. The lowest BCUT2D eigenvalue weighted by molar-refractivity contribution is 0.0628. The maximum Gasteiger partial charge on any atom is 0.289 e. The van der Waals surface area contributed by atoms with Crippen LogP contribution in [0.3, 0.4) is 0 Å². The third-order valence-electron chi connectivity index (χ3n) is 4.88. The topological polar surface area (TPSA) is 93.6 Å². The van der Waals surface area contributed by atoms with Crippen LogP contribution < -0.4 is 5.73 Å². The first kappa shape index (κ1) is 21.5. The highest BCUT2D eigenvalue weighted by atomic mass is 35.5. The molecule has 1 aromatic heterocycles. The molecule has 1 amide bonds.